The highest BCUT2D eigenvalue weighted by atomic mass is 16.7. The number of rotatable bonds is 1. The molecule has 2 spiro atoms. The standard InChI is InChI=1S/C15H24O4/c1-9(2)11-6-13-10(3)4-5-15(13,17)12(8-18-12)7-14(11,16)19-13/h9-11,16-17H,4-8H2,1-3H3/t10-,11-,12+,13-,14+,15+/m0/s1. The fourth-order valence-corrected chi connectivity index (χ4v) is 5.27. The van der Waals surface area contributed by atoms with E-state index in [0.717, 1.165) is 19.3 Å². The second kappa shape index (κ2) is 3.19. The summed E-state index contributed by atoms with van der Waals surface area (Å²) in [5.41, 5.74) is -2.06. The Morgan fingerprint density at radius 2 is 1.95 bits per heavy atom. The van der Waals surface area contributed by atoms with Gasteiger partial charge in [-0.15, -0.1) is 0 Å². The molecule has 4 heteroatoms. The highest BCUT2D eigenvalue weighted by molar-refractivity contribution is 5.30. The predicted octanol–water partition coefficient (Wildman–Crippen LogP) is 1.44. The lowest BCUT2D eigenvalue weighted by Gasteiger charge is -2.51. The summed E-state index contributed by atoms with van der Waals surface area (Å²) in [6, 6.07) is 0. The maximum absolute atomic E-state index is 11.3. The van der Waals surface area contributed by atoms with E-state index in [4.69, 9.17) is 9.47 Å². The molecule has 4 rings (SSSR count). The molecule has 0 aromatic carbocycles. The maximum atomic E-state index is 11.3. The Bertz CT molecular complexity index is 432. The Kier molecular flexibility index (Phi) is 2.11. The smallest absolute Gasteiger partial charge is 0.172 e. The number of hydrogen-bond donors (Lipinski definition) is 2. The van der Waals surface area contributed by atoms with Crippen LogP contribution in [0.25, 0.3) is 0 Å². The average molecular weight is 268 g/mol. The summed E-state index contributed by atoms with van der Waals surface area (Å²) in [7, 11) is 0. The lowest BCUT2D eigenvalue weighted by Crippen LogP contribution is -2.67. The van der Waals surface area contributed by atoms with Gasteiger partial charge in [0.25, 0.3) is 0 Å². The average Bonchev–Trinajstić information content (AvgIpc) is 2.96. The molecule has 0 radical (unpaired) electrons. The van der Waals surface area contributed by atoms with Crippen LogP contribution in [0.2, 0.25) is 0 Å². The van der Waals surface area contributed by atoms with Crippen LogP contribution in [0.4, 0.5) is 0 Å². The van der Waals surface area contributed by atoms with Crippen LogP contribution < -0.4 is 0 Å². The van der Waals surface area contributed by atoms with Crippen LogP contribution in [0.1, 0.15) is 46.5 Å². The first-order valence-electron chi connectivity index (χ1n) is 7.58. The molecule has 4 fully saturated rings. The number of ether oxygens (including phenoxy) is 2. The summed E-state index contributed by atoms with van der Waals surface area (Å²) in [4.78, 5) is 0. The second-order valence-corrected chi connectivity index (χ2v) is 7.65. The first-order chi connectivity index (χ1) is 8.79. The van der Waals surface area contributed by atoms with Gasteiger partial charge in [0.1, 0.15) is 16.8 Å². The summed E-state index contributed by atoms with van der Waals surface area (Å²) < 4.78 is 11.9. The third-order valence-electron chi connectivity index (χ3n) is 6.49. The van der Waals surface area contributed by atoms with Crippen molar-refractivity contribution in [3.05, 3.63) is 0 Å². The Balaban J connectivity index is 1.86. The molecule has 108 valence electrons. The van der Waals surface area contributed by atoms with Crippen molar-refractivity contribution in [2.75, 3.05) is 6.61 Å². The highest BCUT2D eigenvalue weighted by Gasteiger charge is 2.83. The van der Waals surface area contributed by atoms with Gasteiger partial charge in [0, 0.05) is 12.3 Å². The summed E-state index contributed by atoms with van der Waals surface area (Å²) in [6.45, 7) is 6.96. The predicted molar refractivity (Wildman–Crippen MR) is 68.4 cm³/mol. The SMILES string of the molecule is CC(C)[C@@H]1C[C@@]23O[C@]1(O)C[C@@]1(CO1)[C@]2(O)CC[C@@H]3C. The zero-order valence-corrected chi connectivity index (χ0v) is 12.0. The van der Waals surface area contributed by atoms with E-state index < -0.39 is 22.6 Å². The minimum atomic E-state index is -1.12. The molecular weight excluding hydrogens is 244 g/mol. The van der Waals surface area contributed by atoms with Gasteiger partial charge in [-0.1, -0.05) is 20.8 Å². The summed E-state index contributed by atoms with van der Waals surface area (Å²) >= 11 is 0. The van der Waals surface area contributed by atoms with Crippen molar-refractivity contribution < 1.29 is 19.7 Å². The molecule has 4 nitrogen and oxygen atoms in total. The van der Waals surface area contributed by atoms with Crippen molar-refractivity contribution >= 4 is 0 Å². The third-order valence-corrected chi connectivity index (χ3v) is 6.49. The van der Waals surface area contributed by atoms with E-state index in [0.29, 0.717) is 18.9 Å². The van der Waals surface area contributed by atoms with E-state index >= 15 is 0 Å². The molecule has 0 aromatic rings. The van der Waals surface area contributed by atoms with Crippen LogP contribution in [0, 0.1) is 17.8 Å². The van der Waals surface area contributed by atoms with Gasteiger partial charge in [0.05, 0.1) is 6.61 Å². The topological polar surface area (TPSA) is 62.2 Å². The van der Waals surface area contributed by atoms with Gasteiger partial charge >= 0.3 is 0 Å². The molecule has 1 aliphatic carbocycles. The van der Waals surface area contributed by atoms with Crippen LogP contribution in [0.3, 0.4) is 0 Å². The van der Waals surface area contributed by atoms with Crippen molar-refractivity contribution in [1.82, 2.24) is 0 Å². The molecule has 0 unspecified atom stereocenters. The summed E-state index contributed by atoms with van der Waals surface area (Å²) in [5.74, 6) is -0.414. The number of epoxide rings is 1. The lowest BCUT2D eigenvalue weighted by atomic mass is 9.70. The molecule has 1 saturated carbocycles. The van der Waals surface area contributed by atoms with E-state index in [1.807, 2.05) is 0 Å². The van der Waals surface area contributed by atoms with Crippen LogP contribution in [-0.2, 0) is 9.47 Å². The van der Waals surface area contributed by atoms with E-state index in [-0.39, 0.29) is 11.8 Å². The molecular formula is C15H24O4. The molecule has 0 aromatic heterocycles. The lowest BCUT2D eigenvalue weighted by molar-refractivity contribution is -0.334. The molecule has 4 aliphatic rings. The molecule has 3 saturated heterocycles. The van der Waals surface area contributed by atoms with Gasteiger partial charge in [-0.3, -0.25) is 0 Å². The normalized spacial score (nSPS) is 62.8. The quantitative estimate of drug-likeness (QED) is 0.706. The molecule has 3 heterocycles. The van der Waals surface area contributed by atoms with Crippen molar-refractivity contribution in [3.63, 3.8) is 0 Å². The molecule has 2 bridgehead atoms. The number of fused-ring (bicyclic) bond motifs is 2. The van der Waals surface area contributed by atoms with Crippen LogP contribution >= 0.6 is 0 Å². The summed E-state index contributed by atoms with van der Waals surface area (Å²) in [6.07, 6.45) is 2.86. The van der Waals surface area contributed by atoms with Gasteiger partial charge < -0.3 is 19.7 Å². The van der Waals surface area contributed by atoms with Gasteiger partial charge in [-0.25, -0.2) is 0 Å². The molecule has 19 heavy (non-hydrogen) atoms. The Hall–Kier alpha value is -0.160. The Labute approximate surface area is 114 Å². The monoisotopic (exact) mass is 268 g/mol. The van der Waals surface area contributed by atoms with Gasteiger partial charge in [0.2, 0.25) is 0 Å². The summed E-state index contributed by atoms with van der Waals surface area (Å²) in [5, 5.41) is 22.3. The Morgan fingerprint density at radius 3 is 2.53 bits per heavy atom. The molecule has 6 atom stereocenters. The minimum Gasteiger partial charge on any atom is -0.384 e. The zero-order valence-electron chi connectivity index (χ0n) is 12.0. The number of hydrogen-bond acceptors (Lipinski definition) is 4. The van der Waals surface area contributed by atoms with Gasteiger partial charge in [0.15, 0.2) is 5.79 Å². The fraction of sp³-hybridized carbons (Fsp3) is 1.00. The van der Waals surface area contributed by atoms with Crippen molar-refractivity contribution in [2.24, 2.45) is 17.8 Å². The van der Waals surface area contributed by atoms with Gasteiger partial charge in [-0.05, 0) is 31.1 Å². The largest absolute Gasteiger partial charge is 0.384 e. The van der Waals surface area contributed by atoms with E-state index in [2.05, 4.69) is 20.8 Å². The minimum absolute atomic E-state index is 0.0862. The maximum Gasteiger partial charge on any atom is 0.172 e. The van der Waals surface area contributed by atoms with Crippen molar-refractivity contribution in [3.8, 4) is 0 Å². The first-order valence-corrected chi connectivity index (χ1v) is 7.58. The van der Waals surface area contributed by atoms with Gasteiger partial charge in [-0.2, -0.15) is 0 Å². The second-order valence-electron chi connectivity index (χ2n) is 7.65. The fourth-order valence-electron chi connectivity index (χ4n) is 5.27. The molecule has 3 aliphatic heterocycles. The molecule has 0 amide bonds. The van der Waals surface area contributed by atoms with E-state index in [1.165, 1.54) is 0 Å². The third kappa shape index (κ3) is 1.17. The highest BCUT2D eigenvalue weighted by Crippen LogP contribution is 2.70. The van der Waals surface area contributed by atoms with E-state index in [9.17, 15) is 10.2 Å². The van der Waals surface area contributed by atoms with Crippen molar-refractivity contribution in [1.29, 1.82) is 0 Å². The van der Waals surface area contributed by atoms with Crippen LogP contribution in [-0.4, -0.2) is 39.4 Å². The van der Waals surface area contributed by atoms with Crippen LogP contribution in [0.15, 0.2) is 0 Å². The molecule has 2 N–H and O–H groups in total. The van der Waals surface area contributed by atoms with Crippen molar-refractivity contribution in [2.45, 2.75) is 69.0 Å². The van der Waals surface area contributed by atoms with E-state index in [1.54, 1.807) is 0 Å². The van der Waals surface area contributed by atoms with Crippen LogP contribution in [0.5, 0.6) is 0 Å². The number of aliphatic hydroxyl groups is 2. The Morgan fingerprint density at radius 1 is 1.26 bits per heavy atom. The first kappa shape index (κ1) is 12.6. The zero-order chi connectivity index (χ0) is 13.7.